The first-order valence-corrected chi connectivity index (χ1v) is 12.1. The molecule has 0 radical (unpaired) electrons. The minimum Gasteiger partial charge on any atom is -0.492 e. The number of carbonyl (C=O) groups is 2. The quantitative estimate of drug-likeness (QED) is 0.473. The van der Waals surface area contributed by atoms with E-state index in [0.717, 1.165) is 14.4 Å². The van der Waals surface area contributed by atoms with Gasteiger partial charge in [0, 0.05) is 17.4 Å². The molecule has 1 heterocycles. The molecule has 0 aliphatic heterocycles. The molecular formula is C21H21ClN2O6S2. The van der Waals surface area contributed by atoms with E-state index in [1.807, 2.05) is 0 Å². The lowest BCUT2D eigenvalue weighted by atomic mass is 10.2. The number of esters is 1. The van der Waals surface area contributed by atoms with Crippen LogP contribution in [-0.4, -0.2) is 51.9 Å². The van der Waals surface area contributed by atoms with Gasteiger partial charge in [-0.25, -0.2) is 13.2 Å². The lowest BCUT2D eigenvalue weighted by Gasteiger charge is -2.17. The third-order valence-electron chi connectivity index (χ3n) is 4.46. The minimum absolute atomic E-state index is 0.0451. The predicted molar refractivity (Wildman–Crippen MR) is 124 cm³/mol. The highest BCUT2D eigenvalue weighted by atomic mass is 35.5. The molecule has 8 nitrogen and oxygen atoms in total. The lowest BCUT2D eigenvalue weighted by molar-refractivity contribution is -0.116. The number of ether oxygens (including phenoxy) is 2. The molecular weight excluding hydrogens is 476 g/mol. The van der Waals surface area contributed by atoms with Crippen molar-refractivity contribution in [3.05, 3.63) is 52.4 Å². The Labute approximate surface area is 194 Å². The zero-order valence-electron chi connectivity index (χ0n) is 17.5. The summed E-state index contributed by atoms with van der Waals surface area (Å²) in [6.45, 7) is 1.79. The Hall–Kier alpha value is -2.66. The van der Waals surface area contributed by atoms with Crippen LogP contribution in [0.2, 0.25) is 5.02 Å². The van der Waals surface area contributed by atoms with Crippen LogP contribution in [0, 0.1) is 0 Å². The van der Waals surface area contributed by atoms with E-state index in [-0.39, 0.29) is 9.92 Å². The van der Waals surface area contributed by atoms with Crippen LogP contribution < -0.4 is 10.1 Å². The average molecular weight is 497 g/mol. The van der Waals surface area contributed by atoms with Crippen LogP contribution in [0.25, 0.3) is 10.1 Å². The number of anilines is 1. The van der Waals surface area contributed by atoms with Crippen molar-refractivity contribution in [3.8, 4) is 5.75 Å². The summed E-state index contributed by atoms with van der Waals surface area (Å²) in [5, 5.41) is 3.61. The molecule has 1 N–H and O–H groups in total. The van der Waals surface area contributed by atoms with Gasteiger partial charge in [0.1, 0.15) is 10.6 Å². The Bertz CT molecular complexity index is 1270. The third-order valence-corrected chi connectivity index (χ3v) is 7.66. The standard InChI is InChI=1S/C21H21ClN2O6S2/c1-4-30-17-7-6-15(11-16(17)22)32(27,28)24(2)12-20(25)23-14-5-8-18-13(9-14)10-19(31-18)21(26)29-3/h5-11H,4,12H2,1-3H3,(H,23,25). The number of likely N-dealkylation sites (N-methyl/N-ethyl adjacent to an activating group) is 1. The fraction of sp³-hybridized carbons (Fsp3) is 0.238. The number of nitrogens with zero attached hydrogens (tertiary/aromatic N) is 1. The molecule has 0 spiro atoms. The van der Waals surface area contributed by atoms with Gasteiger partial charge in [0.15, 0.2) is 0 Å². The Morgan fingerprint density at radius 3 is 2.56 bits per heavy atom. The van der Waals surface area contributed by atoms with Crippen molar-refractivity contribution in [1.82, 2.24) is 4.31 Å². The number of benzene rings is 2. The zero-order valence-corrected chi connectivity index (χ0v) is 19.9. The Morgan fingerprint density at radius 1 is 1.16 bits per heavy atom. The van der Waals surface area contributed by atoms with Gasteiger partial charge in [-0.15, -0.1) is 11.3 Å². The van der Waals surface area contributed by atoms with Gasteiger partial charge in [-0.05, 0) is 54.8 Å². The maximum Gasteiger partial charge on any atom is 0.348 e. The van der Waals surface area contributed by atoms with Crippen molar-refractivity contribution >= 4 is 60.6 Å². The normalized spacial score (nSPS) is 11.5. The monoisotopic (exact) mass is 496 g/mol. The fourth-order valence-electron chi connectivity index (χ4n) is 2.90. The van der Waals surface area contributed by atoms with E-state index in [0.29, 0.717) is 22.9 Å². The number of fused-ring (bicyclic) bond motifs is 1. The van der Waals surface area contributed by atoms with Gasteiger partial charge < -0.3 is 14.8 Å². The summed E-state index contributed by atoms with van der Waals surface area (Å²) in [7, 11) is -1.32. The van der Waals surface area contributed by atoms with Crippen molar-refractivity contribution in [3.63, 3.8) is 0 Å². The molecule has 0 unspecified atom stereocenters. The van der Waals surface area contributed by atoms with E-state index in [1.165, 1.54) is 43.7 Å². The predicted octanol–water partition coefficient (Wildman–Crippen LogP) is 4.00. The first kappa shape index (κ1) is 24.0. The lowest BCUT2D eigenvalue weighted by Crippen LogP contribution is -2.35. The highest BCUT2D eigenvalue weighted by molar-refractivity contribution is 7.89. The molecule has 0 saturated heterocycles. The summed E-state index contributed by atoms with van der Waals surface area (Å²) in [6, 6.07) is 11.0. The SMILES string of the molecule is CCOc1ccc(S(=O)(=O)N(C)CC(=O)Nc2ccc3sc(C(=O)OC)cc3c2)cc1Cl. The van der Waals surface area contributed by atoms with Crippen LogP contribution in [0.4, 0.5) is 5.69 Å². The topological polar surface area (TPSA) is 102 Å². The number of rotatable bonds is 8. The van der Waals surface area contributed by atoms with E-state index in [9.17, 15) is 18.0 Å². The van der Waals surface area contributed by atoms with Crippen LogP contribution in [-0.2, 0) is 19.6 Å². The Kier molecular flexibility index (Phi) is 7.40. The van der Waals surface area contributed by atoms with Gasteiger partial charge in [0.2, 0.25) is 15.9 Å². The molecule has 0 aliphatic carbocycles. The van der Waals surface area contributed by atoms with Crippen LogP contribution in [0.15, 0.2) is 47.4 Å². The van der Waals surface area contributed by atoms with E-state index in [1.54, 1.807) is 31.2 Å². The average Bonchev–Trinajstić information content (AvgIpc) is 3.18. The van der Waals surface area contributed by atoms with Gasteiger partial charge in [0.25, 0.3) is 0 Å². The summed E-state index contributed by atoms with van der Waals surface area (Å²) >= 11 is 7.37. The molecule has 11 heteroatoms. The number of hydrogen-bond donors (Lipinski definition) is 1. The largest absolute Gasteiger partial charge is 0.492 e. The number of methoxy groups -OCH3 is 1. The third kappa shape index (κ3) is 5.21. The van der Waals surface area contributed by atoms with Gasteiger partial charge in [-0.3, -0.25) is 4.79 Å². The summed E-state index contributed by atoms with van der Waals surface area (Å²) in [5.41, 5.74) is 0.478. The van der Waals surface area contributed by atoms with E-state index in [4.69, 9.17) is 21.1 Å². The Balaban J connectivity index is 1.71. The Morgan fingerprint density at radius 2 is 1.91 bits per heavy atom. The van der Waals surface area contributed by atoms with Crippen molar-refractivity contribution in [2.45, 2.75) is 11.8 Å². The van der Waals surface area contributed by atoms with E-state index >= 15 is 0 Å². The maximum absolute atomic E-state index is 12.8. The smallest absolute Gasteiger partial charge is 0.348 e. The highest BCUT2D eigenvalue weighted by Crippen LogP contribution is 2.30. The molecule has 3 aromatic rings. The summed E-state index contributed by atoms with van der Waals surface area (Å²) in [6.07, 6.45) is 0. The molecule has 3 rings (SSSR count). The van der Waals surface area contributed by atoms with E-state index in [2.05, 4.69) is 5.32 Å². The molecule has 2 aromatic carbocycles. The molecule has 170 valence electrons. The number of nitrogens with one attached hydrogen (secondary N) is 1. The highest BCUT2D eigenvalue weighted by Gasteiger charge is 2.24. The summed E-state index contributed by atoms with van der Waals surface area (Å²) in [5.74, 6) is -0.568. The van der Waals surface area contributed by atoms with Crippen molar-refractivity contribution in [1.29, 1.82) is 0 Å². The van der Waals surface area contributed by atoms with Gasteiger partial charge in [-0.2, -0.15) is 4.31 Å². The first-order valence-electron chi connectivity index (χ1n) is 9.46. The minimum atomic E-state index is -3.94. The number of hydrogen-bond acceptors (Lipinski definition) is 7. The van der Waals surface area contributed by atoms with Gasteiger partial charge >= 0.3 is 5.97 Å². The second-order valence-electron chi connectivity index (χ2n) is 6.69. The molecule has 0 aliphatic rings. The van der Waals surface area contributed by atoms with Crippen LogP contribution in [0.5, 0.6) is 5.75 Å². The number of carbonyl (C=O) groups excluding carboxylic acids is 2. The van der Waals surface area contributed by atoms with Crippen LogP contribution >= 0.6 is 22.9 Å². The molecule has 32 heavy (non-hydrogen) atoms. The summed E-state index contributed by atoms with van der Waals surface area (Å²) < 4.78 is 37.5. The zero-order chi connectivity index (χ0) is 23.5. The van der Waals surface area contributed by atoms with Crippen molar-refractivity contribution < 1.29 is 27.5 Å². The summed E-state index contributed by atoms with van der Waals surface area (Å²) in [4.78, 5) is 24.6. The molecule has 0 fully saturated rings. The molecule has 1 amide bonds. The molecule has 0 saturated carbocycles. The second kappa shape index (κ2) is 9.86. The van der Waals surface area contributed by atoms with Crippen LogP contribution in [0.1, 0.15) is 16.6 Å². The number of thiophene rings is 1. The van der Waals surface area contributed by atoms with Crippen LogP contribution in [0.3, 0.4) is 0 Å². The maximum atomic E-state index is 12.8. The molecule has 1 aromatic heterocycles. The van der Waals surface area contributed by atoms with Crippen molar-refractivity contribution in [2.75, 3.05) is 32.6 Å². The van der Waals surface area contributed by atoms with Crippen molar-refractivity contribution in [2.24, 2.45) is 0 Å². The number of halogens is 1. The molecule has 0 atom stereocenters. The first-order chi connectivity index (χ1) is 15.1. The second-order valence-corrected chi connectivity index (χ2v) is 10.2. The molecule has 0 bridgehead atoms. The fourth-order valence-corrected chi connectivity index (χ4v) is 5.32. The number of amides is 1. The number of sulfonamides is 1. The van der Waals surface area contributed by atoms with E-state index < -0.39 is 28.4 Å². The van der Waals surface area contributed by atoms with Gasteiger partial charge in [-0.1, -0.05) is 11.6 Å². The van der Waals surface area contributed by atoms with Gasteiger partial charge in [0.05, 0.1) is 30.2 Å².